The number of ether oxygens (including phenoxy) is 1. The van der Waals surface area contributed by atoms with Crippen LogP contribution in [0.2, 0.25) is 0 Å². The summed E-state index contributed by atoms with van der Waals surface area (Å²) in [6.07, 6.45) is 7.21. The topological polar surface area (TPSA) is 63.4 Å². The van der Waals surface area contributed by atoms with Gasteiger partial charge in [0.25, 0.3) is 5.92 Å². The number of pyridine rings is 1. The first kappa shape index (κ1) is 22.8. The summed E-state index contributed by atoms with van der Waals surface area (Å²) in [5, 5.41) is 14.9. The summed E-state index contributed by atoms with van der Waals surface area (Å²) in [7, 11) is 0. The van der Waals surface area contributed by atoms with E-state index in [1.54, 1.807) is 11.1 Å². The van der Waals surface area contributed by atoms with Gasteiger partial charge in [-0.15, -0.1) is 0 Å². The van der Waals surface area contributed by atoms with Crippen molar-refractivity contribution in [2.24, 2.45) is 0 Å². The molecule has 2 aromatic heterocycles. The SMILES string of the molecule is C[C@@H]1Cc2c(ccc3c2cnn3C2CCCCO2)C(c2ccc(Br)cn2)N1CC(F)(F)CO. The summed E-state index contributed by atoms with van der Waals surface area (Å²) >= 11 is 3.41. The molecule has 9 heteroatoms. The molecule has 1 saturated heterocycles. The average Bonchev–Trinajstić information content (AvgIpc) is 3.26. The number of aliphatic hydroxyl groups is 1. The van der Waals surface area contributed by atoms with Gasteiger partial charge in [-0.1, -0.05) is 6.07 Å². The highest BCUT2D eigenvalue weighted by Crippen LogP contribution is 2.42. The molecule has 6 nitrogen and oxygen atoms in total. The lowest BCUT2D eigenvalue weighted by Crippen LogP contribution is -2.49. The highest BCUT2D eigenvalue weighted by atomic mass is 79.9. The smallest absolute Gasteiger partial charge is 0.283 e. The van der Waals surface area contributed by atoms with Crippen LogP contribution in [0.25, 0.3) is 10.9 Å². The molecule has 4 heterocycles. The van der Waals surface area contributed by atoms with E-state index in [0.29, 0.717) is 12.1 Å². The van der Waals surface area contributed by atoms with Gasteiger partial charge in [0, 0.05) is 28.7 Å². The summed E-state index contributed by atoms with van der Waals surface area (Å²) in [6, 6.07) is 7.15. The van der Waals surface area contributed by atoms with Crippen molar-refractivity contribution < 1.29 is 18.6 Å². The Morgan fingerprint density at radius 1 is 1.21 bits per heavy atom. The molecule has 0 spiro atoms. The fraction of sp³-hybridized carbons (Fsp3) is 0.500. The maximum atomic E-state index is 14.4. The molecular formula is C24H27BrF2N4O2. The minimum absolute atomic E-state index is 0.0704. The van der Waals surface area contributed by atoms with Crippen molar-refractivity contribution in [1.82, 2.24) is 19.7 Å². The lowest BCUT2D eigenvalue weighted by atomic mass is 9.84. The molecule has 0 amide bonds. The van der Waals surface area contributed by atoms with E-state index in [1.165, 1.54) is 0 Å². The Morgan fingerprint density at radius 2 is 2.06 bits per heavy atom. The second-order valence-electron chi connectivity index (χ2n) is 9.02. The van der Waals surface area contributed by atoms with Crippen molar-refractivity contribution in [3.05, 3.63) is 58.0 Å². The number of alkyl halides is 2. The zero-order valence-electron chi connectivity index (χ0n) is 18.4. The average molecular weight is 521 g/mol. The van der Waals surface area contributed by atoms with Crippen LogP contribution >= 0.6 is 15.9 Å². The van der Waals surface area contributed by atoms with Gasteiger partial charge in [-0.3, -0.25) is 9.88 Å². The van der Waals surface area contributed by atoms with Gasteiger partial charge >= 0.3 is 0 Å². The van der Waals surface area contributed by atoms with E-state index in [1.807, 2.05) is 42.1 Å². The molecule has 0 aliphatic carbocycles. The minimum atomic E-state index is -3.20. The first-order valence-corrected chi connectivity index (χ1v) is 12.1. The molecule has 2 aliphatic rings. The fourth-order valence-corrected chi connectivity index (χ4v) is 5.35. The van der Waals surface area contributed by atoms with Gasteiger partial charge in [0.05, 0.1) is 30.0 Å². The molecule has 0 radical (unpaired) electrons. The van der Waals surface area contributed by atoms with E-state index in [9.17, 15) is 13.9 Å². The molecule has 3 aromatic rings. The lowest BCUT2D eigenvalue weighted by Gasteiger charge is -2.43. The van der Waals surface area contributed by atoms with Gasteiger partial charge in [0.2, 0.25) is 0 Å². The van der Waals surface area contributed by atoms with Crippen LogP contribution < -0.4 is 0 Å². The molecule has 1 aromatic carbocycles. The van der Waals surface area contributed by atoms with Crippen LogP contribution in [0.5, 0.6) is 0 Å². The van der Waals surface area contributed by atoms with Crippen molar-refractivity contribution in [2.45, 2.75) is 56.8 Å². The Labute approximate surface area is 199 Å². The molecule has 1 fully saturated rings. The predicted octanol–water partition coefficient (Wildman–Crippen LogP) is 4.86. The molecule has 0 bridgehead atoms. The van der Waals surface area contributed by atoms with Gasteiger partial charge < -0.3 is 9.84 Å². The van der Waals surface area contributed by atoms with Gasteiger partial charge in [0.15, 0.2) is 6.23 Å². The van der Waals surface area contributed by atoms with Gasteiger partial charge in [-0.25, -0.2) is 13.5 Å². The first-order chi connectivity index (χ1) is 15.9. The van der Waals surface area contributed by atoms with E-state index in [0.717, 1.165) is 52.4 Å². The third kappa shape index (κ3) is 4.32. The van der Waals surface area contributed by atoms with Crippen LogP contribution in [0.1, 0.15) is 55.3 Å². The number of hydrogen-bond donors (Lipinski definition) is 1. The normalized spacial score (nSPS) is 24.2. The summed E-state index contributed by atoms with van der Waals surface area (Å²) in [5.41, 5.74) is 3.76. The monoisotopic (exact) mass is 520 g/mol. The summed E-state index contributed by atoms with van der Waals surface area (Å²) in [4.78, 5) is 6.32. The molecule has 2 aliphatic heterocycles. The molecule has 5 rings (SSSR count). The molecule has 1 N–H and O–H groups in total. The second-order valence-corrected chi connectivity index (χ2v) is 9.94. The number of hydrogen-bond acceptors (Lipinski definition) is 5. The molecule has 2 unspecified atom stereocenters. The van der Waals surface area contributed by atoms with Crippen LogP contribution in [0.4, 0.5) is 8.78 Å². The highest BCUT2D eigenvalue weighted by molar-refractivity contribution is 9.10. The van der Waals surface area contributed by atoms with E-state index in [-0.39, 0.29) is 12.3 Å². The zero-order chi connectivity index (χ0) is 23.2. The quantitative estimate of drug-likeness (QED) is 0.520. The van der Waals surface area contributed by atoms with E-state index < -0.39 is 25.1 Å². The van der Waals surface area contributed by atoms with Crippen LogP contribution in [0.3, 0.4) is 0 Å². The third-order valence-electron chi connectivity index (χ3n) is 6.72. The first-order valence-electron chi connectivity index (χ1n) is 11.3. The number of benzene rings is 1. The Kier molecular flexibility index (Phi) is 6.24. The third-order valence-corrected chi connectivity index (χ3v) is 7.19. The Morgan fingerprint density at radius 3 is 2.76 bits per heavy atom. The molecular weight excluding hydrogens is 494 g/mol. The fourth-order valence-electron chi connectivity index (χ4n) is 5.11. The zero-order valence-corrected chi connectivity index (χ0v) is 20.0. The largest absolute Gasteiger partial charge is 0.390 e. The van der Waals surface area contributed by atoms with Crippen LogP contribution in [0, 0.1) is 0 Å². The van der Waals surface area contributed by atoms with E-state index in [4.69, 9.17) is 4.74 Å². The van der Waals surface area contributed by atoms with Crippen molar-refractivity contribution >= 4 is 26.8 Å². The second kappa shape index (κ2) is 9.02. The van der Waals surface area contributed by atoms with Crippen molar-refractivity contribution in [2.75, 3.05) is 19.8 Å². The maximum absolute atomic E-state index is 14.4. The number of fused-ring (bicyclic) bond motifs is 3. The van der Waals surface area contributed by atoms with Gasteiger partial charge in [-0.05, 0) is 77.9 Å². The van der Waals surface area contributed by atoms with Crippen molar-refractivity contribution in [1.29, 1.82) is 0 Å². The molecule has 33 heavy (non-hydrogen) atoms. The number of aromatic nitrogens is 3. The van der Waals surface area contributed by atoms with Crippen LogP contribution in [-0.4, -0.2) is 56.5 Å². The van der Waals surface area contributed by atoms with Crippen LogP contribution in [0.15, 0.2) is 41.1 Å². The molecule has 0 saturated carbocycles. The number of nitrogens with zero attached hydrogens (tertiary/aromatic N) is 4. The molecule has 176 valence electrons. The van der Waals surface area contributed by atoms with E-state index in [2.05, 4.69) is 26.0 Å². The Balaban J connectivity index is 1.62. The number of rotatable bonds is 5. The minimum Gasteiger partial charge on any atom is -0.390 e. The van der Waals surface area contributed by atoms with Crippen molar-refractivity contribution in [3.63, 3.8) is 0 Å². The Bertz CT molecular complexity index is 1130. The van der Waals surface area contributed by atoms with Gasteiger partial charge in [-0.2, -0.15) is 5.10 Å². The Hall–Kier alpha value is -1.94. The summed E-state index contributed by atoms with van der Waals surface area (Å²) in [6.45, 7) is 0.964. The van der Waals surface area contributed by atoms with Gasteiger partial charge in [0.1, 0.15) is 6.61 Å². The van der Waals surface area contributed by atoms with Crippen molar-refractivity contribution in [3.8, 4) is 0 Å². The lowest BCUT2D eigenvalue weighted by molar-refractivity contribution is -0.0864. The van der Waals surface area contributed by atoms with Crippen LogP contribution in [-0.2, 0) is 11.2 Å². The predicted molar refractivity (Wildman–Crippen MR) is 124 cm³/mol. The molecule has 3 atom stereocenters. The standard InChI is InChI=1S/C24H27BrF2N4O2/c1-15-10-18-17(6-8-21-19(18)12-29-31(21)22-4-2-3-9-33-22)23(20-7-5-16(25)11-28-20)30(15)13-24(26,27)14-32/h5-8,11-12,15,22-23,32H,2-4,9-10,13-14H2,1H3/t15-,22?,23?/m1/s1. The van der Waals surface area contributed by atoms with E-state index >= 15 is 0 Å². The number of aliphatic hydroxyl groups excluding tert-OH is 1. The summed E-state index contributed by atoms with van der Waals surface area (Å²) < 4.78 is 37.4. The maximum Gasteiger partial charge on any atom is 0.283 e. The number of halogens is 3. The highest BCUT2D eigenvalue weighted by Gasteiger charge is 2.41. The summed E-state index contributed by atoms with van der Waals surface area (Å²) in [5.74, 6) is -3.20.